The number of nitro benzene ring substituents is 1. The number of aromatic nitrogens is 1. The number of nitro groups is 1. The van der Waals surface area contributed by atoms with Crippen LogP contribution in [-0.4, -0.2) is 78.8 Å². The van der Waals surface area contributed by atoms with Crippen LogP contribution in [0.5, 0.6) is 5.75 Å². The number of phenols is 1. The number of non-ortho nitro benzene ring substituents is 1. The van der Waals surface area contributed by atoms with E-state index in [2.05, 4.69) is 10.3 Å². The molecular weight excluding hydrogens is 616 g/mol. The number of hydrogen-bond donors (Lipinski definition) is 5. The van der Waals surface area contributed by atoms with Gasteiger partial charge in [-0.15, -0.1) is 11.3 Å². The van der Waals surface area contributed by atoms with Gasteiger partial charge in [0.2, 0.25) is 0 Å². The van der Waals surface area contributed by atoms with Crippen LogP contribution in [0.3, 0.4) is 0 Å². The first kappa shape index (κ1) is 31.1. The molecule has 1 aromatic heterocycles. The number of nitrogens with zero attached hydrogens (tertiary/aromatic N) is 3. The number of hydrogen-bond acceptors (Lipinski definition) is 13. The van der Waals surface area contributed by atoms with Crippen LogP contribution >= 0.6 is 11.3 Å². The van der Waals surface area contributed by atoms with Crippen LogP contribution in [0.1, 0.15) is 30.9 Å². The van der Waals surface area contributed by atoms with Gasteiger partial charge in [0.25, 0.3) is 5.69 Å². The second-order valence-corrected chi connectivity index (χ2v) is 12.8. The lowest BCUT2D eigenvalue weighted by atomic mass is 9.56. The molecule has 13 nitrogen and oxygen atoms in total. The lowest BCUT2D eigenvalue weighted by Gasteiger charge is -2.50. The maximum Gasteiger partial charge on any atom is 0.270 e. The predicted molar refractivity (Wildman–Crippen MR) is 168 cm³/mol. The first-order chi connectivity index (χ1) is 21.7. The van der Waals surface area contributed by atoms with E-state index in [1.54, 1.807) is 55.6 Å². The van der Waals surface area contributed by atoms with Crippen LogP contribution in [0.2, 0.25) is 0 Å². The molecule has 5 N–H and O–H groups in total. The quantitative estimate of drug-likeness (QED) is 0.0838. The zero-order valence-corrected chi connectivity index (χ0v) is 25.9. The summed E-state index contributed by atoms with van der Waals surface area (Å²) in [6.07, 6.45) is -1.38. The summed E-state index contributed by atoms with van der Waals surface area (Å²) in [5.74, 6) is -8.12. The summed E-state index contributed by atoms with van der Waals surface area (Å²) in [6, 6.07) is 8.20. The monoisotopic (exact) mass is 646 g/mol. The minimum absolute atomic E-state index is 0.0455. The number of aliphatic hydroxyl groups is 3. The van der Waals surface area contributed by atoms with E-state index in [1.807, 2.05) is 0 Å². The SMILES string of the molecule is CC(=O)C1=C(O)C(N(C)C)C2C(C1=O)C(=O)C1=C(O)c3c(ccc(Nc4nc(-c5cccc([N+](=O)[O-])c5)cs4)c3O)C(C)C1C2O. The van der Waals surface area contributed by atoms with E-state index in [9.17, 15) is 44.9 Å². The summed E-state index contributed by atoms with van der Waals surface area (Å²) in [5, 5.41) is 61.9. The van der Waals surface area contributed by atoms with Crippen LogP contribution in [0.25, 0.3) is 17.0 Å². The standard InChI is InChI=1S/C32H30N4O9S/c1-12-16-8-9-17(33-32-34-18(11-46-32)14-6-5-7-15(10-14)36(44)45)26(38)21(16)29(41)23-19(12)27(39)22-24(30(23)42)28(40)20(13(2)37)31(43)25(22)35(3)4/h5-12,19,22,24-25,27,38-39,41,43H,1-4H3,(H,33,34). The van der Waals surface area contributed by atoms with E-state index >= 15 is 0 Å². The van der Waals surface area contributed by atoms with E-state index < -0.39 is 80.9 Å². The number of Topliss-reactive ketones (excluding diaryl/α,β-unsaturated/α-hetero) is 3. The van der Waals surface area contributed by atoms with E-state index in [0.717, 1.165) is 6.92 Å². The van der Waals surface area contributed by atoms with Crippen molar-refractivity contribution in [3.05, 3.63) is 79.9 Å². The Bertz CT molecular complexity index is 1910. The topological polar surface area (TPSA) is 203 Å². The molecule has 6 rings (SSSR count). The molecule has 238 valence electrons. The molecule has 3 aliphatic rings. The fraction of sp³-hybridized carbons (Fsp3) is 0.312. The number of likely N-dealkylation sites (N-methyl/N-ethyl adjacent to an activating group) is 1. The number of aromatic hydroxyl groups is 1. The summed E-state index contributed by atoms with van der Waals surface area (Å²) in [5.41, 5.74) is 0.710. The number of anilines is 2. The van der Waals surface area contributed by atoms with Gasteiger partial charge in [0.1, 0.15) is 22.8 Å². The molecule has 46 heavy (non-hydrogen) atoms. The van der Waals surface area contributed by atoms with E-state index in [-0.39, 0.29) is 22.5 Å². The number of phenolic OH excluding ortho intramolecular Hbond substituents is 1. The van der Waals surface area contributed by atoms with Gasteiger partial charge >= 0.3 is 0 Å². The molecule has 14 heteroatoms. The molecule has 0 bridgehead atoms. The lowest BCUT2D eigenvalue weighted by molar-refractivity contribution is -0.384. The highest BCUT2D eigenvalue weighted by Gasteiger charge is 2.60. The number of aliphatic hydroxyl groups excluding tert-OH is 3. The van der Waals surface area contributed by atoms with Crippen molar-refractivity contribution in [3.63, 3.8) is 0 Å². The first-order valence-electron chi connectivity index (χ1n) is 14.4. The number of benzene rings is 2. The van der Waals surface area contributed by atoms with Crippen LogP contribution in [0, 0.1) is 27.9 Å². The molecule has 0 saturated heterocycles. The number of carbonyl (C=O) groups excluding carboxylic acids is 3. The van der Waals surface area contributed by atoms with Crippen LogP contribution in [0.4, 0.5) is 16.5 Å². The third kappa shape index (κ3) is 4.59. The highest BCUT2D eigenvalue weighted by Crippen LogP contribution is 2.55. The van der Waals surface area contributed by atoms with Gasteiger partial charge in [0.05, 0.1) is 39.9 Å². The third-order valence-electron chi connectivity index (χ3n) is 9.20. The Balaban J connectivity index is 1.40. The summed E-state index contributed by atoms with van der Waals surface area (Å²) in [6.45, 7) is 2.85. The summed E-state index contributed by atoms with van der Waals surface area (Å²) >= 11 is 1.18. The lowest BCUT2D eigenvalue weighted by Crippen LogP contribution is -2.61. The van der Waals surface area contributed by atoms with Crippen LogP contribution in [-0.2, 0) is 14.4 Å². The Morgan fingerprint density at radius 2 is 1.83 bits per heavy atom. The largest absolute Gasteiger partial charge is 0.510 e. The van der Waals surface area contributed by atoms with E-state index in [0.29, 0.717) is 22.0 Å². The molecule has 3 aliphatic carbocycles. The number of ketones is 3. The van der Waals surface area contributed by atoms with Crippen molar-refractivity contribution in [1.82, 2.24) is 9.88 Å². The Morgan fingerprint density at radius 1 is 1.11 bits per heavy atom. The highest BCUT2D eigenvalue weighted by molar-refractivity contribution is 7.14. The zero-order chi connectivity index (χ0) is 33.4. The molecule has 2 aromatic carbocycles. The average Bonchev–Trinajstić information content (AvgIpc) is 3.46. The van der Waals surface area contributed by atoms with Crippen molar-refractivity contribution in [2.24, 2.45) is 17.8 Å². The Morgan fingerprint density at radius 3 is 2.48 bits per heavy atom. The van der Waals surface area contributed by atoms with Gasteiger partial charge in [-0.05, 0) is 38.6 Å². The fourth-order valence-electron chi connectivity index (χ4n) is 7.17. The van der Waals surface area contributed by atoms with Gasteiger partial charge in [-0.3, -0.25) is 29.4 Å². The molecule has 1 fully saturated rings. The molecule has 6 unspecified atom stereocenters. The fourth-order valence-corrected chi connectivity index (χ4v) is 7.91. The van der Waals surface area contributed by atoms with Gasteiger partial charge in [-0.1, -0.05) is 25.1 Å². The van der Waals surface area contributed by atoms with Crippen LogP contribution < -0.4 is 5.32 Å². The Labute approximate surface area is 266 Å². The van der Waals surface area contributed by atoms with Crippen molar-refractivity contribution in [1.29, 1.82) is 0 Å². The normalized spacial score (nSPS) is 25.7. The number of nitrogens with one attached hydrogen (secondary N) is 1. The second-order valence-electron chi connectivity index (χ2n) is 12.0. The van der Waals surface area contributed by atoms with Gasteiger partial charge in [0, 0.05) is 40.5 Å². The Hall–Kier alpha value is -4.92. The highest BCUT2D eigenvalue weighted by atomic mass is 32.1. The summed E-state index contributed by atoms with van der Waals surface area (Å²) in [7, 11) is 3.21. The summed E-state index contributed by atoms with van der Waals surface area (Å²) in [4.78, 5) is 56.8. The number of carbonyl (C=O) groups is 3. The molecule has 6 atom stereocenters. The van der Waals surface area contributed by atoms with Gasteiger partial charge in [-0.25, -0.2) is 4.98 Å². The van der Waals surface area contributed by atoms with Crippen LogP contribution in [0.15, 0.2) is 58.7 Å². The minimum Gasteiger partial charge on any atom is -0.510 e. The zero-order valence-electron chi connectivity index (χ0n) is 25.1. The number of fused-ring (bicyclic) bond motifs is 3. The smallest absolute Gasteiger partial charge is 0.270 e. The van der Waals surface area contributed by atoms with Gasteiger partial charge in [0.15, 0.2) is 22.5 Å². The van der Waals surface area contributed by atoms with Crippen molar-refractivity contribution < 1.29 is 39.7 Å². The summed E-state index contributed by atoms with van der Waals surface area (Å²) < 4.78 is 0. The van der Waals surface area contributed by atoms with Crippen molar-refractivity contribution in [2.45, 2.75) is 31.9 Å². The maximum absolute atomic E-state index is 14.1. The number of rotatable bonds is 6. The molecule has 0 radical (unpaired) electrons. The van der Waals surface area contributed by atoms with Crippen molar-refractivity contribution in [2.75, 3.05) is 19.4 Å². The second kappa shape index (κ2) is 11.2. The van der Waals surface area contributed by atoms with E-state index in [1.165, 1.54) is 23.5 Å². The van der Waals surface area contributed by atoms with Crippen molar-refractivity contribution in [3.8, 4) is 17.0 Å². The molecule has 1 saturated carbocycles. The van der Waals surface area contributed by atoms with Gasteiger partial charge < -0.3 is 25.7 Å². The van der Waals surface area contributed by atoms with Gasteiger partial charge in [-0.2, -0.15) is 0 Å². The van der Waals surface area contributed by atoms with Crippen molar-refractivity contribution >= 4 is 51.0 Å². The Kier molecular flexibility index (Phi) is 7.54. The number of allylic oxidation sites excluding steroid dienone is 1. The number of thiazole rings is 1. The molecule has 0 aliphatic heterocycles. The minimum atomic E-state index is -1.54. The molecule has 0 amide bonds. The molecular formula is C32H30N4O9S. The van der Waals surface area contributed by atoms with E-state index in [4.69, 9.17) is 0 Å². The third-order valence-corrected chi connectivity index (χ3v) is 9.95. The molecule has 1 heterocycles. The first-order valence-corrected chi connectivity index (χ1v) is 15.3. The molecule has 0 spiro atoms. The molecule has 3 aromatic rings. The maximum atomic E-state index is 14.1. The average molecular weight is 647 g/mol. The predicted octanol–water partition coefficient (Wildman–Crippen LogP) is 4.26.